The molecule has 0 spiro atoms. The molecule has 1 fully saturated rings. The molecule has 18 heavy (non-hydrogen) atoms. The van der Waals surface area contributed by atoms with Crippen LogP contribution >= 0.6 is 0 Å². The Balaban J connectivity index is 2.35. The van der Waals surface area contributed by atoms with Crippen LogP contribution in [0.3, 0.4) is 0 Å². The molecule has 94 valence electrons. The van der Waals surface area contributed by atoms with E-state index in [0.29, 0.717) is 11.3 Å². The van der Waals surface area contributed by atoms with Gasteiger partial charge in [0.25, 0.3) is 0 Å². The molecule has 2 rings (SSSR count). The lowest BCUT2D eigenvalue weighted by atomic mass is 10.00. The second kappa shape index (κ2) is 4.37. The number of benzene rings is 1. The number of hydrogen-bond acceptors (Lipinski definition) is 3. The van der Waals surface area contributed by atoms with Gasteiger partial charge in [-0.3, -0.25) is 19.3 Å². The summed E-state index contributed by atoms with van der Waals surface area (Å²) in [4.78, 5) is 36.3. The zero-order valence-electron chi connectivity index (χ0n) is 10.6. The Bertz CT molecular complexity index is 498. The van der Waals surface area contributed by atoms with Crippen LogP contribution in [0.5, 0.6) is 0 Å². The van der Waals surface area contributed by atoms with Crippen molar-refractivity contribution < 1.29 is 14.4 Å². The quantitative estimate of drug-likeness (QED) is 0.591. The van der Waals surface area contributed by atoms with Crippen molar-refractivity contribution in [2.75, 3.05) is 4.90 Å². The van der Waals surface area contributed by atoms with E-state index in [4.69, 9.17) is 0 Å². The van der Waals surface area contributed by atoms with E-state index in [-0.39, 0.29) is 29.4 Å². The molecule has 1 heterocycles. The highest BCUT2D eigenvalue weighted by molar-refractivity contribution is 6.21. The molecule has 4 nitrogen and oxygen atoms in total. The van der Waals surface area contributed by atoms with Gasteiger partial charge in [-0.25, -0.2) is 0 Å². The third kappa shape index (κ3) is 1.83. The molecule has 1 aliphatic heterocycles. The highest BCUT2D eigenvalue weighted by atomic mass is 16.2. The van der Waals surface area contributed by atoms with Crippen molar-refractivity contribution in [2.45, 2.75) is 20.8 Å². The molecule has 1 aromatic carbocycles. The summed E-state index contributed by atoms with van der Waals surface area (Å²) in [5, 5.41) is 0. The minimum atomic E-state index is -0.287. The zero-order chi connectivity index (χ0) is 13.4. The molecule has 0 N–H and O–H groups in total. The largest absolute Gasteiger partial charge is 0.295 e. The molecule has 2 unspecified atom stereocenters. The van der Waals surface area contributed by atoms with Crippen molar-refractivity contribution in [1.29, 1.82) is 0 Å². The Morgan fingerprint density at radius 3 is 1.83 bits per heavy atom. The van der Waals surface area contributed by atoms with E-state index in [1.54, 1.807) is 38.1 Å². The molecular formula is C14H15NO3. The van der Waals surface area contributed by atoms with Gasteiger partial charge in [0.1, 0.15) is 0 Å². The van der Waals surface area contributed by atoms with E-state index in [0.717, 1.165) is 0 Å². The summed E-state index contributed by atoms with van der Waals surface area (Å²) < 4.78 is 0. The normalized spacial score (nSPS) is 23.6. The average Bonchev–Trinajstić information content (AvgIpc) is 2.54. The molecule has 0 aromatic heterocycles. The minimum Gasteiger partial charge on any atom is -0.295 e. The fourth-order valence-electron chi connectivity index (χ4n) is 2.04. The fourth-order valence-corrected chi connectivity index (χ4v) is 2.04. The van der Waals surface area contributed by atoms with Crippen molar-refractivity contribution in [3.8, 4) is 0 Å². The Morgan fingerprint density at radius 1 is 1.00 bits per heavy atom. The Kier molecular flexibility index (Phi) is 3.03. The van der Waals surface area contributed by atoms with Crippen molar-refractivity contribution in [2.24, 2.45) is 11.8 Å². The maximum Gasteiger partial charge on any atom is 0.237 e. The van der Waals surface area contributed by atoms with Gasteiger partial charge in [0, 0.05) is 17.4 Å². The first-order valence-corrected chi connectivity index (χ1v) is 5.92. The highest BCUT2D eigenvalue weighted by Gasteiger charge is 2.42. The lowest BCUT2D eigenvalue weighted by Gasteiger charge is -2.14. The van der Waals surface area contributed by atoms with E-state index < -0.39 is 0 Å². The third-order valence-corrected chi connectivity index (χ3v) is 3.50. The monoisotopic (exact) mass is 245 g/mol. The number of Topliss-reactive ketones (excluding diaryl/α,β-unsaturated/α-hetero) is 1. The molecule has 1 aromatic rings. The number of carbonyl (C=O) groups is 3. The maximum absolute atomic E-state index is 12.0. The van der Waals surface area contributed by atoms with E-state index in [1.165, 1.54) is 11.8 Å². The molecule has 2 atom stereocenters. The minimum absolute atomic E-state index is 0.0395. The standard InChI is InChI=1S/C14H15NO3/c1-8-9(2)14(18)15(13(8)17)12-6-4-11(5-7-12)10(3)16/h4-9H,1-3H3. The average molecular weight is 245 g/mol. The molecule has 0 saturated carbocycles. The van der Waals surface area contributed by atoms with Crippen LogP contribution in [0.25, 0.3) is 0 Å². The Hall–Kier alpha value is -1.97. The molecule has 2 amide bonds. The number of nitrogens with zero attached hydrogens (tertiary/aromatic N) is 1. The van der Waals surface area contributed by atoms with Gasteiger partial charge in [-0.15, -0.1) is 0 Å². The number of anilines is 1. The van der Waals surface area contributed by atoms with Crippen LogP contribution in [0.1, 0.15) is 31.1 Å². The van der Waals surface area contributed by atoms with E-state index >= 15 is 0 Å². The van der Waals surface area contributed by atoms with Gasteiger partial charge in [0.05, 0.1) is 5.69 Å². The van der Waals surface area contributed by atoms with Crippen molar-refractivity contribution in [1.82, 2.24) is 0 Å². The number of amides is 2. The Labute approximate surface area is 106 Å². The first-order valence-electron chi connectivity index (χ1n) is 5.92. The van der Waals surface area contributed by atoms with Crippen LogP contribution in [-0.2, 0) is 9.59 Å². The smallest absolute Gasteiger partial charge is 0.237 e. The summed E-state index contributed by atoms with van der Waals surface area (Å²) in [6.07, 6.45) is 0. The lowest BCUT2D eigenvalue weighted by Crippen LogP contribution is -2.30. The van der Waals surface area contributed by atoms with Crippen LogP contribution in [0.2, 0.25) is 0 Å². The fraction of sp³-hybridized carbons (Fsp3) is 0.357. The second-order valence-corrected chi connectivity index (χ2v) is 4.69. The van der Waals surface area contributed by atoms with Gasteiger partial charge in [-0.1, -0.05) is 13.8 Å². The lowest BCUT2D eigenvalue weighted by molar-refractivity contribution is -0.122. The number of rotatable bonds is 2. The SMILES string of the molecule is CC(=O)c1ccc(N2C(=O)C(C)C(C)C2=O)cc1. The predicted molar refractivity (Wildman–Crippen MR) is 67.3 cm³/mol. The molecular weight excluding hydrogens is 230 g/mol. The summed E-state index contributed by atoms with van der Waals surface area (Å²) in [5.74, 6) is -0.969. The number of hydrogen-bond donors (Lipinski definition) is 0. The van der Waals surface area contributed by atoms with Crippen LogP contribution in [0, 0.1) is 11.8 Å². The molecule has 1 saturated heterocycles. The first kappa shape index (κ1) is 12.5. The molecule has 0 radical (unpaired) electrons. The summed E-state index contributed by atoms with van der Waals surface area (Å²) in [5.41, 5.74) is 1.10. The van der Waals surface area contributed by atoms with Gasteiger partial charge < -0.3 is 0 Å². The zero-order valence-corrected chi connectivity index (χ0v) is 10.6. The van der Waals surface area contributed by atoms with Gasteiger partial charge in [0.15, 0.2) is 5.78 Å². The first-order chi connectivity index (χ1) is 8.43. The third-order valence-electron chi connectivity index (χ3n) is 3.50. The Morgan fingerprint density at radius 2 is 1.44 bits per heavy atom. The van der Waals surface area contributed by atoms with Crippen LogP contribution < -0.4 is 4.90 Å². The van der Waals surface area contributed by atoms with Gasteiger partial charge >= 0.3 is 0 Å². The van der Waals surface area contributed by atoms with Crippen molar-refractivity contribution in [3.63, 3.8) is 0 Å². The van der Waals surface area contributed by atoms with E-state index in [1.807, 2.05) is 0 Å². The number of imide groups is 1. The molecule has 0 bridgehead atoms. The topological polar surface area (TPSA) is 54.5 Å². The van der Waals surface area contributed by atoms with Gasteiger partial charge in [-0.05, 0) is 31.2 Å². The molecule has 0 aliphatic carbocycles. The second-order valence-electron chi connectivity index (χ2n) is 4.69. The molecule has 1 aliphatic rings. The van der Waals surface area contributed by atoms with Crippen LogP contribution in [0.15, 0.2) is 24.3 Å². The van der Waals surface area contributed by atoms with Gasteiger partial charge in [0.2, 0.25) is 11.8 Å². The van der Waals surface area contributed by atoms with E-state index in [2.05, 4.69) is 0 Å². The van der Waals surface area contributed by atoms with Crippen LogP contribution in [-0.4, -0.2) is 17.6 Å². The predicted octanol–water partition coefficient (Wildman–Crippen LogP) is 2.03. The van der Waals surface area contributed by atoms with Crippen molar-refractivity contribution in [3.05, 3.63) is 29.8 Å². The van der Waals surface area contributed by atoms with Crippen molar-refractivity contribution >= 4 is 23.3 Å². The number of carbonyl (C=O) groups excluding carboxylic acids is 3. The summed E-state index contributed by atoms with van der Waals surface area (Å²) in [6, 6.07) is 6.53. The number of ketones is 1. The molecule has 4 heteroatoms. The van der Waals surface area contributed by atoms with E-state index in [9.17, 15) is 14.4 Å². The van der Waals surface area contributed by atoms with Gasteiger partial charge in [-0.2, -0.15) is 0 Å². The summed E-state index contributed by atoms with van der Waals surface area (Å²) in [6.45, 7) is 5.00. The maximum atomic E-state index is 12.0. The summed E-state index contributed by atoms with van der Waals surface area (Å²) in [7, 11) is 0. The summed E-state index contributed by atoms with van der Waals surface area (Å²) >= 11 is 0. The van der Waals surface area contributed by atoms with Crippen LogP contribution in [0.4, 0.5) is 5.69 Å². The highest BCUT2D eigenvalue weighted by Crippen LogP contribution is 2.30.